The van der Waals surface area contributed by atoms with E-state index >= 15 is 0 Å². The van der Waals surface area contributed by atoms with E-state index in [4.69, 9.17) is 11.6 Å². The van der Waals surface area contributed by atoms with Crippen LogP contribution in [0.5, 0.6) is 0 Å². The molecule has 0 spiro atoms. The molecule has 19 heavy (non-hydrogen) atoms. The van der Waals surface area contributed by atoms with Crippen molar-refractivity contribution in [3.8, 4) is 0 Å². The van der Waals surface area contributed by atoms with Gasteiger partial charge in [-0.2, -0.15) is 0 Å². The van der Waals surface area contributed by atoms with Crippen molar-refractivity contribution in [2.45, 2.75) is 26.4 Å². The first-order chi connectivity index (χ1) is 9.20. The molecule has 0 aromatic heterocycles. The zero-order valence-corrected chi connectivity index (χ0v) is 12.2. The molecule has 0 fully saturated rings. The lowest BCUT2D eigenvalue weighted by molar-refractivity contribution is 0.579. The molecule has 0 aliphatic heterocycles. The van der Waals surface area contributed by atoms with E-state index in [2.05, 4.69) is 49.5 Å². The van der Waals surface area contributed by atoms with Crippen LogP contribution >= 0.6 is 11.6 Å². The molecular formula is C17H20ClN. The minimum absolute atomic E-state index is 0.199. The van der Waals surface area contributed by atoms with Gasteiger partial charge in [0.1, 0.15) is 0 Å². The second kappa shape index (κ2) is 6.74. The number of aryl methyl sites for hydroxylation is 2. The number of halogens is 1. The molecular weight excluding hydrogens is 254 g/mol. The van der Waals surface area contributed by atoms with E-state index in [9.17, 15) is 0 Å². The topological polar surface area (TPSA) is 12.0 Å². The lowest BCUT2D eigenvalue weighted by atomic mass is 10.1. The molecule has 0 saturated carbocycles. The Morgan fingerprint density at radius 1 is 1.00 bits per heavy atom. The van der Waals surface area contributed by atoms with Crippen molar-refractivity contribution in [2.24, 2.45) is 0 Å². The molecule has 1 atom stereocenters. The van der Waals surface area contributed by atoms with Gasteiger partial charge in [-0.1, -0.05) is 48.5 Å². The predicted octanol–water partition coefficient (Wildman–Crippen LogP) is 4.37. The van der Waals surface area contributed by atoms with Crippen molar-refractivity contribution >= 4 is 11.6 Å². The number of nitrogens with one attached hydrogen (secondary N) is 1. The summed E-state index contributed by atoms with van der Waals surface area (Å²) in [6.07, 6.45) is 0. The molecule has 2 aromatic rings. The fraction of sp³-hybridized carbons (Fsp3) is 0.294. The Morgan fingerprint density at radius 3 is 2.37 bits per heavy atom. The van der Waals surface area contributed by atoms with Crippen LogP contribution in [0.15, 0.2) is 48.5 Å². The maximum Gasteiger partial charge on any atom is 0.0460 e. The SMILES string of the molecule is Cc1ccc(CNC(CCl)c2ccccc2)cc1C. The van der Waals surface area contributed by atoms with E-state index < -0.39 is 0 Å². The van der Waals surface area contributed by atoms with Gasteiger partial charge in [0.15, 0.2) is 0 Å². The van der Waals surface area contributed by atoms with Crippen LogP contribution in [0.1, 0.15) is 28.3 Å². The maximum atomic E-state index is 6.06. The quantitative estimate of drug-likeness (QED) is 0.798. The molecule has 1 nitrogen and oxygen atoms in total. The highest BCUT2D eigenvalue weighted by Crippen LogP contribution is 2.16. The summed E-state index contributed by atoms with van der Waals surface area (Å²) in [5.41, 5.74) is 5.21. The van der Waals surface area contributed by atoms with Gasteiger partial charge in [-0.15, -0.1) is 11.6 Å². The Kier molecular flexibility index (Phi) is 5.00. The second-order valence-electron chi connectivity index (χ2n) is 4.92. The van der Waals surface area contributed by atoms with Gasteiger partial charge >= 0.3 is 0 Å². The number of alkyl halides is 1. The summed E-state index contributed by atoms with van der Waals surface area (Å²) in [7, 11) is 0. The average molecular weight is 274 g/mol. The van der Waals surface area contributed by atoms with E-state index in [0.717, 1.165) is 6.54 Å². The Balaban J connectivity index is 2.02. The molecule has 100 valence electrons. The smallest absolute Gasteiger partial charge is 0.0460 e. The maximum absolute atomic E-state index is 6.06. The van der Waals surface area contributed by atoms with Gasteiger partial charge in [-0.3, -0.25) is 0 Å². The number of rotatable bonds is 5. The number of benzene rings is 2. The summed E-state index contributed by atoms with van der Waals surface area (Å²) in [5, 5.41) is 3.52. The first kappa shape index (κ1) is 14.1. The molecule has 2 rings (SSSR count). The summed E-state index contributed by atoms with van der Waals surface area (Å²) in [4.78, 5) is 0. The Bertz CT molecular complexity index is 522. The molecule has 0 aliphatic carbocycles. The molecule has 1 N–H and O–H groups in total. The first-order valence-electron chi connectivity index (χ1n) is 6.61. The third kappa shape index (κ3) is 3.82. The van der Waals surface area contributed by atoms with Gasteiger partial charge in [0.2, 0.25) is 0 Å². The second-order valence-corrected chi connectivity index (χ2v) is 5.23. The standard InChI is InChI=1S/C17H20ClN/c1-13-8-9-15(10-14(13)2)12-19-17(11-18)16-6-4-3-5-7-16/h3-10,17,19H,11-12H2,1-2H3. The van der Waals surface area contributed by atoms with Crippen LogP contribution < -0.4 is 5.32 Å². The number of hydrogen-bond donors (Lipinski definition) is 1. The monoisotopic (exact) mass is 273 g/mol. The summed E-state index contributed by atoms with van der Waals surface area (Å²) in [6.45, 7) is 5.13. The van der Waals surface area contributed by atoms with Crippen LogP contribution in [0, 0.1) is 13.8 Å². The molecule has 2 heteroatoms. The summed E-state index contributed by atoms with van der Waals surface area (Å²) >= 11 is 6.06. The van der Waals surface area contributed by atoms with Crippen LogP contribution in [-0.2, 0) is 6.54 Å². The highest BCUT2D eigenvalue weighted by atomic mass is 35.5. The van der Waals surface area contributed by atoms with Crippen molar-refractivity contribution in [1.82, 2.24) is 5.32 Å². The van der Waals surface area contributed by atoms with Crippen molar-refractivity contribution in [3.05, 3.63) is 70.8 Å². The lowest BCUT2D eigenvalue weighted by Crippen LogP contribution is -2.22. The van der Waals surface area contributed by atoms with Crippen molar-refractivity contribution < 1.29 is 0 Å². The van der Waals surface area contributed by atoms with E-state index in [0.29, 0.717) is 5.88 Å². The normalized spacial score (nSPS) is 12.4. The third-order valence-electron chi connectivity index (χ3n) is 3.48. The Morgan fingerprint density at radius 2 is 1.74 bits per heavy atom. The largest absolute Gasteiger partial charge is 0.305 e. The highest BCUT2D eigenvalue weighted by molar-refractivity contribution is 6.18. The minimum atomic E-state index is 0.199. The van der Waals surface area contributed by atoms with Crippen LogP contribution in [-0.4, -0.2) is 5.88 Å². The zero-order valence-electron chi connectivity index (χ0n) is 11.5. The lowest BCUT2D eigenvalue weighted by Gasteiger charge is -2.17. The van der Waals surface area contributed by atoms with E-state index in [1.807, 2.05) is 18.2 Å². The van der Waals surface area contributed by atoms with Crippen LogP contribution in [0.3, 0.4) is 0 Å². The van der Waals surface area contributed by atoms with Gasteiger partial charge in [0.05, 0.1) is 0 Å². The summed E-state index contributed by atoms with van der Waals surface area (Å²) < 4.78 is 0. The zero-order chi connectivity index (χ0) is 13.7. The Hall–Kier alpha value is -1.31. The van der Waals surface area contributed by atoms with Gasteiger partial charge in [0, 0.05) is 18.5 Å². The molecule has 0 saturated heterocycles. The van der Waals surface area contributed by atoms with Crippen molar-refractivity contribution in [1.29, 1.82) is 0 Å². The van der Waals surface area contributed by atoms with Crippen LogP contribution in [0.4, 0.5) is 0 Å². The van der Waals surface area contributed by atoms with Gasteiger partial charge in [-0.05, 0) is 36.1 Å². The van der Waals surface area contributed by atoms with Gasteiger partial charge in [-0.25, -0.2) is 0 Å². The van der Waals surface area contributed by atoms with E-state index in [-0.39, 0.29) is 6.04 Å². The summed E-state index contributed by atoms with van der Waals surface area (Å²) in [6, 6.07) is 17.1. The minimum Gasteiger partial charge on any atom is -0.305 e. The molecule has 0 aliphatic rings. The molecule has 1 unspecified atom stereocenters. The number of hydrogen-bond acceptors (Lipinski definition) is 1. The van der Waals surface area contributed by atoms with Crippen molar-refractivity contribution in [3.63, 3.8) is 0 Å². The van der Waals surface area contributed by atoms with E-state index in [1.165, 1.54) is 22.3 Å². The van der Waals surface area contributed by atoms with Gasteiger partial charge < -0.3 is 5.32 Å². The van der Waals surface area contributed by atoms with E-state index in [1.54, 1.807) is 0 Å². The first-order valence-corrected chi connectivity index (χ1v) is 7.14. The van der Waals surface area contributed by atoms with Crippen molar-refractivity contribution in [2.75, 3.05) is 5.88 Å². The van der Waals surface area contributed by atoms with Crippen LogP contribution in [0.25, 0.3) is 0 Å². The highest BCUT2D eigenvalue weighted by Gasteiger charge is 2.09. The Labute approximate surface area is 120 Å². The molecule has 0 radical (unpaired) electrons. The molecule has 2 aromatic carbocycles. The fourth-order valence-corrected chi connectivity index (χ4v) is 2.39. The predicted molar refractivity (Wildman–Crippen MR) is 82.7 cm³/mol. The molecule has 0 bridgehead atoms. The third-order valence-corrected chi connectivity index (χ3v) is 3.79. The van der Waals surface area contributed by atoms with Crippen LogP contribution in [0.2, 0.25) is 0 Å². The van der Waals surface area contributed by atoms with Gasteiger partial charge in [0.25, 0.3) is 0 Å². The average Bonchev–Trinajstić information content (AvgIpc) is 2.44. The molecule has 0 amide bonds. The fourth-order valence-electron chi connectivity index (χ4n) is 2.10. The molecule has 0 heterocycles. The summed E-state index contributed by atoms with van der Waals surface area (Å²) in [5.74, 6) is 0.578.